The molecular formula is C28H25NO3P+. The van der Waals surface area contributed by atoms with Crippen LogP contribution in [-0.4, -0.2) is 19.0 Å². The fraction of sp³-hybridized carbons (Fsp3) is 0.0714. The molecule has 0 aromatic heterocycles. The van der Waals surface area contributed by atoms with E-state index in [1.807, 2.05) is 103 Å². The van der Waals surface area contributed by atoms with Crippen LogP contribution in [0.25, 0.3) is 0 Å². The van der Waals surface area contributed by atoms with Gasteiger partial charge in [0.1, 0.15) is 23.2 Å². The second-order valence-electron chi connectivity index (χ2n) is 7.61. The maximum Gasteiger partial charge on any atom is 0.338 e. The number of carbonyl (C=O) groups excluding carboxylic acids is 2. The van der Waals surface area contributed by atoms with Crippen LogP contribution in [0, 0.1) is 0 Å². The van der Waals surface area contributed by atoms with E-state index in [9.17, 15) is 9.59 Å². The maximum absolute atomic E-state index is 13.4. The van der Waals surface area contributed by atoms with Gasteiger partial charge in [0.25, 0.3) is 5.91 Å². The summed E-state index contributed by atoms with van der Waals surface area (Å²) < 4.78 is 5.06. The number of carbonyl (C=O) groups is 2. The molecule has 1 atom stereocenters. The predicted octanol–water partition coefficient (Wildman–Crippen LogP) is 3.99. The Labute approximate surface area is 194 Å². The molecule has 4 rings (SSSR count). The highest BCUT2D eigenvalue weighted by Crippen LogP contribution is 2.66. The molecule has 0 spiro atoms. The quantitative estimate of drug-likeness (QED) is 0.339. The normalized spacial score (nSPS) is 12.0. The molecule has 33 heavy (non-hydrogen) atoms. The van der Waals surface area contributed by atoms with E-state index in [2.05, 4.69) is 0 Å². The van der Waals surface area contributed by atoms with Gasteiger partial charge in [-0.1, -0.05) is 72.8 Å². The molecule has 0 saturated carbocycles. The van der Waals surface area contributed by atoms with Crippen LogP contribution in [0.5, 0.6) is 0 Å². The van der Waals surface area contributed by atoms with Crippen molar-refractivity contribution in [2.75, 3.05) is 7.11 Å². The summed E-state index contributed by atoms with van der Waals surface area (Å²) in [7, 11) is -1.36. The van der Waals surface area contributed by atoms with Crippen molar-refractivity contribution in [1.29, 1.82) is 0 Å². The molecule has 0 bridgehead atoms. The SMILES string of the molecule is COC(=O)c1ccccc1C(C(N)=O)[P+](c1ccccc1)(c1ccccc1)c1ccccc1. The standard InChI is InChI=1S/C28H24NO3P/c1-32-28(31)25-20-12-11-19-24(25)26(27(29)30)33(21-13-5-2-6-14-21,22-15-7-3-8-16-22)23-17-9-4-10-18-23/h2-20,26H,1H3,(H-,29,30)/p+1. The van der Waals surface area contributed by atoms with Crippen LogP contribution in [0.2, 0.25) is 0 Å². The first-order valence-electron chi connectivity index (χ1n) is 10.6. The Kier molecular flexibility index (Phi) is 6.67. The lowest BCUT2D eigenvalue weighted by molar-refractivity contribution is -0.117. The van der Waals surface area contributed by atoms with E-state index in [1.54, 1.807) is 12.1 Å². The number of hydrogen-bond acceptors (Lipinski definition) is 3. The summed E-state index contributed by atoms with van der Waals surface area (Å²) in [6.45, 7) is 0. The van der Waals surface area contributed by atoms with E-state index in [4.69, 9.17) is 10.5 Å². The van der Waals surface area contributed by atoms with Crippen LogP contribution in [0.15, 0.2) is 115 Å². The van der Waals surface area contributed by atoms with E-state index in [0.717, 1.165) is 15.9 Å². The number of amides is 1. The van der Waals surface area contributed by atoms with Crippen LogP contribution >= 0.6 is 7.26 Å². The molecule has 0 radical (unpaired) electrons. The third-order valence-electron chi connectivity index (χ3n) is 5.81. The van der Waals surface area contributed by atoms with E-state index >= 15 is 0 Å². The van der Waals surface area contributed by atoms with Crippen molar-refractivity contribution in [3.63, 3.8) is 0 Å². The van der Waals surface area contributed by atoms with Gasteiger partial charge in [-0.2, -0.15) is 0 Å². The molecule has 2 N–H and O–H groups in total. The fourth-order valence-corrected chi connectivity index (χ4v) is 9.21. The molecule has 4 nitrogen and oxygen atoms in total. The summed E-state index contributed by atoms with van der Waals surface area (Å²) in [6, 6.07) is 37.1. The highest BCUT2D eigenvalue weighted by atomic mass is 31.2. The van der Waals surface area contributed by atoms with Gasteiger partial charge < -0.3 is 10.5 Å². The minimum Gasteiger partial charge on any atom is -0.465 e. The second kappa shape index (κ2) is 9.81. The van der Waals surface area contributed by atoms with Gasteiger partial charge in [0.15, 0.2) is 5.66 Å². The highest BCUT2D eigenvalue weighted by Gasteiger charge is 2.56. The van der Waals surface area contributed by atoms with Gasteiger partial charge in [-0.25, -0.2) is 4.79 Å². The summed E-state index contributed by atoms with van der Waals surface area (Å²) in [5.74, 6) is -0.986. The number of nitrogens with two attached hydrogens (primary N) is 1. The van der Waals surface area contributed by atoms with Crippen LogP contribution in [0.4, 0.5) is 0 Å². The third kappa shape index (κ3) is 4.06. The molecular weight excluding hydrogens is 429 g/mol. The van der Waals surface area contributed by atoms with Crippen molar-refractivity contribution in [2.45, 2.75) is 5.66 Å². The van der Waals surface area contributed by atoms with Gasteiger partial charge in [0, 0.05) is 5.56 Å². The van der Waals surface area contributed by atoms with Crippen LogP contribution < -0.4 is 21.6 Å². The van der Waals surface area contributed by atoms with Gasteiger partial charge in [0.05, 0.1) is 12.7 Å². The Hall–Kier alpha value is -3.75. The van der Waals surface area contributed by atoms with Crippen LogP contribution in [-0.2, 0) is 9.53 Å². The van der Waals surface area contributed by atoms with E-state index in [0.29, 0.717) is 11.1 Å². The number of ether oxygens (including phenoxy) is 1. The number of hydrogen-bond donors (Lipinski definition) is 1. The maximum atomic E-state index is 13.4. The summed E-state index contributed by atoms with van der Waals surface area (Å²) >= 11 is 0. The van der Waals surface area contributed by atoms with Crippen LogP contribution in [0.3, 0.4) is 0 Å². The largest absolute Gasteiger partial charge is 0.465 e. The number of esters is 1. The first kappa shape index (κ1) is 22.4. The van der Waals surface area contributed by atoms with Crippen molar-refractivity contribution < 1.29 is 14.3 Å². The summed E-state index contributed by atoms with van der Waals surface area (Å²) in [5.41, 5.74) is 6.35. The van der Waals surface area contributed by atoms with E-state index < -0.39 is 24.8 Å². The average Bonchev–Trinajstić information content (AvgIpc) is 2.88. The van der Waals surface area contributed by atoms with Crippen molar-refractivity contribution >= 4 is 35.1 Å². The molecule has 0 heterocycles. The van der Waals surface area contributed by atoms with Gasteiger partial charge in [-0.3, -0.25) is 4.79 Å². The molecule has 5 heteroatoms. The summed E-state index contributed by atoms with van der Waals surface area (Å²) in [5, 5.41) is 3.02. The second-order valence-corrected chi connectivity index (χ2v) is 11.1. The van der Waals surface area contributed by atoms with Gasteiger partial charge in [-0.05, 0) is 42.5 Å². The number of benzene rings is 4. The fourth-order valence-electron chi connectivity index (χ4n) is 4.47. The molecule has 0 aliphatic rings. The Morgan fingerprint density at radius 2 is 1.06 bits per heavy atom. The zero-order valence-electron chi connectivity index (χ0n) is 18.3. The smallest absolute Gasteiger partial charge is 0.338 e. The van der Waals surface area contributed by atoms with Crippen molar-refractivity contribution in [3.8, 4) is 0 Å². The molecule has 0 aliphatic heterocycles. The minimum atomic E-state index is -2.70. The lowest BCUT2D eigenvalue weighted by atomic mass is 10.0. The predicted molar refractivity (Wildman–Crippen MR) is 135 cm³/mol. The van der Waals surface area contributed by atoms with E-state index in [-0.39, 0.29) is 0 Å². The molecule has 0 fully saturated rings. The van der Waals surface area contributed by atoms with Crippen molar-refractivity contribution in [2.24, 2.45) is 5.73 Å². The Morgan fingerprint density at radius 3 is 1.45 bits per heavy atom. The molecule has 1 amide bonds. The van der Waals surface area contributed by atoms with Gasteiger partial charge in [-0.15, -0.1) is 0 Å². The highest BCUT2D eigenvalue weighted by molar-refractivity contribution is 7.96. The topological polar surface area (TPSA) is 69.4 Å². The number of rotatable bonds is 7. The first-order chi connectivity index (χ1) is 16.1. The Bertz CT molecular complexity index is 1150. The first-order valence-corrected chi connectivity index (χ1v) is 12.5. The Morgan fingerprint density at radius 1 is 0.667 bits per heavy atom. The lowest BCUT2D eigenvalue weighted by Gasteiger charge is -2.33. The molecule has 4 aromatic rings. The summed E-state index contributed by atoms with van der Waals surface area (Å²) in [4.78, 5) is 26.2. The van der Waals surface area contributed by atoms with E-state index in [1.165, 1.54) is 7.11 Å². The number of primary amides is 1. The van der Waals surface area contributed by atoms with Crippen molar-refractivity contribution in [3.05, 3.63) is 126 Å². The zero-order chi connectivity index (χ0) is 23.3. The summed E-state index contributed by atoms with van der Waals surface area (Å²) in [6.07, 6.45) is 0. The zero-order valence-corrected chi connectivity index (χ0v) is 19.2. The lowest BCUT2D eigenvalue weighted by Crippen LogP contribution is -2.40. The monoisotopic (exact) mass is 454 g/mol. The third-order valence-corrected chi connectivity index (χ3v) is 10.5. The number of methoxy groups -OCH3 is 1. The Balaban J connectivity index is 2.17. The van der Waals surface area contributed by atoms with Crippen LogP contribution in [0.1, 0.15) is 21.6 Å². The molecule has 0 saturated heterocycles. The minimum absolute atomic E-state index is 0.343. The molecule has 1 unspecified atom stereocenters. The van der Waals surface area contributed by atoms with Gasteiger partial charge in [0.2, 0.25) is 0 Å². The average molecular weight is 454 g/mol. The molecule has 0 aliphatic carbocycles. The molecule has 164 valence electrons. The molecule has 4 aromatic carbocycles. The van der Waals surface area contributed by atoms with Crippen molar-refractivity contribution in [1.82, 2.24) is 0 Å². The van der Waals surface area contributed by atoms with Gasteiger partial charge >= 0.3 is 5.97 Å².